The molecule has 2 N–H and O–H groups in total. The first kappa shape index (κ1) is 12.8. The van der Waals surface area contributed by atoms with Gasteiger partial charge in [-0.25, -0.2) is 4.39 Å². The minimum absolute atomic E-state index is 0.245. The van der Waals surface area contributed by atoms with Crippen molar-refractivity contribution in [2.24, 2.45) is 0 Å². The molecule has 0 aliphatic carbocycles. The van der Waals surface area contributed by atoms with E-state index < -0.39 is 0 Å². The summed E-state index contributed by atoms with van der Waals surface area (Å²) in [7, 11) is 0. The summed E-state index contributed by atoms with van der Waals surface area (Å²) in [5.74, 6) is -0.0373. The minimum atomic E-state index is -0.326. The second-order valence-electron chi connectivity index (χ2n) is 3.09. The number of carbonyl (C=O) groups is 1. The van der Waals surface area contributed by atoms with E-state index in [1.165, 1.54) is 30.0 Å². The molecule has 0 aromatic heterocycles. The van der Waals surface area contributed by atoms with Gasteiger partial charge in [-0.05, 0) is 25.1 Å². The minimum Gasteiger partial charge on any atom is -0.466 e. The number of thioether (sulfide) groups is 1. The van der Waals surface area contributed by atoms with Gasteiger partial charge in [-0.1, -0.05) is 0 Å². The average molecular weight is 243 g/mol. The fraction of sp³-hybridized carbons (Fsp3) is 0.364. The highest BCUT2D eigenvalue weighted by molar-refractivity contribution is 7.99. The predicted molar refractivity (Wildman–Crippen MR) is 62.8 cm³/mol. The maximum absolute atomic E-state index is 12.9. The van der Waals surface area contributed by atoms with Crippen LogP contribution in [0.15, 0.2) is 23.1 Å². The lowest BCUT2D eigenvalue weighted by molar-refractivity contribution is -0.142. The van der Waals surface area contributed by atoms with Crippen LogP contribution in [0.1, 0.15) is 13.3 Å². The summed E-state index contributed by atoms with van der Waals surface area (Å²) < 4.78 is 17.7. The van der Waals surface area contributed by atoms with Crippen LogP contribution in [-0.2, 0) is 9.53 Å². The number of esters is 1. The molecule has 0 spiro atoms. The number of ether oxygens (including phenoxy) is 1. The molecule has 1 rings (SSSR count). The van der Waals surface area contributed by atoms with Crippen LogP contribution in [0.4, 0.5) is 10.1 Å². The zero-order valence-electron chi connectivity index (χ0n) is 9.03. The molecule has 16 heavy (non-hydrogen) atoms. The summed E-state index contributed by atoms with van der Waals surface area (Å²) in [5, 5.41) is 0. The van der Waals surface area contributed by atoms with E-state index in [1.807, 2.05) is 0 Å². The Morgan fingerprint density at radius 1 is 1.56 bits per heavy atom. The molecule has 0 bridgehead atoms. The number of benzene rings is 1. The van der Waals surface area contributed by atoms with Crippen LogP contribution in [0.5, 0.6) is 0 Å². The molecule has 1 aromatic carbocycles. The number of carbonyl (C=O) groups excluding carboxylic acids is 1. The van der Waals surface area contributed by atoms with Crippen LogP contribution in [0, 0.1) is 5.82 Å². The number of halogens is 1. The normalized spacial score (nSPS) is 10.1. The molecule has 0 amide bonds. The van der Waals surface area contributed by atoms with Gasteiger partial charge in [0.15, 0.2) is 0 Å². The zero-order valence-corrected chi connectivity index (χ0v) is 9.85. The second kappa shape index (κ2) is 6.37. The average Bonchev–Trinajstić information content (AvgIpc) is 2.23. The quantitative estimate of drug-likeness (QED) is 0.490. The van der Waals surface area contributed by atoms with Crippen molar-refractivity contribution in [3.8, 4) is 0 Å². The van der Waals surface area contributed by atoms with E-state index in [4.69, 9.17) is 10.5 Å². The summed E-state index contributed by atoms with van der Waals surface area (Å²) in [5.41, 5.74) is 6.18. The monoisotopic (exact) mass is 243 g/mol. The Labute approximate surface area is 98.2 Å². The highest BCUT2D eigenvalue weighted by atomic mass is 32.2. The number of rotatable bonds is 5. The molecule has 0 aliphatic heterocycles. The van der Waals surface area contributed by atoms with Crippen LogP contribution in [0.25, 0.3) is 0 Å². The van der Waals surface area contributed by atoms with Crippen LogP contribution < -0.4 is 5.73 Å². The third-order valence-corrected chi connectivity index (χ3v) is 2.92. The summed E-state index contributed by atoms with van der Waals surface area (Å²) >= 11 is 1.35. The summed E-state index contributed by atoms with van der Waals surface area (Å²) in [6, 6.07) is 4.19. The Bertz CT molecular complexity index is 371. The molecular formula is C11H14FNO2S. The Hall–Kier alpha value is -1.23. The van der Waals surface area contributed by atoms with Gasteiger partial charge in [0.2, 0.25) is 0 Å². The van der Waals surface area contributed by atoms with Crippen molar-refractivity contribution in [1.29, 1.82) is 0 Å². The van der Waals surface area contributed by atoms with Crippen LogP contribution in [0.3, 0.4) is 0 Å². The van der Waals surface area contributed by atoms with Crippen molar-refractivity contribution in [3.05, 3.63) is 24.0 Å². The lowest BCUT2D eigenvalue weighted by Gasteiger charge is -2.05. The summed E-state index contributed by atoms with van der Waals surface area (Å²) in [4.78, 5) is 11.7. The van der Waals surface area contributed by atoms with Gasteiger partial charge in [0.05, 0.1) is 13.0 Å². The Morgan fingerprint density at radius 3 is 3.00 bits per heavy atom. The molecule has 88 valence electrons. The van der Waals surface area contributed by atoms with Crippen molar-refractivity contribution in [2.45, 2.75) is 18.2 Å². The van der Waals surface area contributed by atoms with Gasteiger partial charge in [-0.15, -0.1) is 11.8 Å². The molecule has 0 saturated heterocycles. The number of hydrogen-bond donors (Lipinski definition) is 1. The second-order valence-corrected chi connectivity index (χ2v) is 4.22. The maximum Gasteiger partial charge on any atom is 0.306 e. The first-order valence-electron chi connectivity index (χ1n) is 4.97. The molecule has 1 aromatic rings. The molecule has 3 nitrogen and oxygen atoms in total. The molecule has 0 radical (unpaired) electrons. The van der Waals surface area contributed by atoms with E-state index in [0.29, 0.717) is 29.4 Å². The molecule has 0 atom stereocenters. The Balaban J connectivity index is 2.42. The van der Waals surface area contributed by atoms with Gasteiger partial charge < -0.3 is 10.5 Å². The fourth-order valence-electron chi connectivity index (χ4n) is 1.11. The fourth-order valence-corrected chi connectivity index (χ4v) is 2.03. The first-order chi connectivity index (χ1) is 7.63. The topological polar surface area (TPSA) is 52.3 Å². The van der Waals surface area contributed by atoms with E-state index in [1.54, 1.807) is 6.92 Å². The van der Waals surface area contributed by atoms with E-state index in [9.17, 15) is 9.18 Å². The Morgan fingerprint density at radius 2 is 2.31 bits per heavy atom. The number of nitrogens with two attached hydrogens (primary N) is 1. The zero-order chi connectivity index (χ0) is 12.0. The van der Waals surface area contributed by atoms with E-state index in [2.05, 4.69) is 0 Å². The number of nitrogen functional groups attached to an aromatic ring is 1. The predicted octanol–water partition coefficient (Wildman–Crippen LogP) is 2.45. The molecule has 5 heteroatoms. The van der Waals surface area contributed by atoms with Gasteiger partial charge >= 0.3 is 5.97 Å². The Kier molecular flexibility index (Phi) is 5.11. The van der Waals surface area contributed by atoms with Gasteiger partial charge in [0.25, 0.3) is 0 Å². The highest BCUT2D eigenvalue weighted by Crippen LogP contribution is 2.26. The summed E-state index contributed by atoms with van der Waals surface area (Å²) in [6.45, 7) is 2.14. The van der Waals surface area contributed by atoms with Crippen molar-refractivity contribution in [3.63, 3.8) is 0 Å². The highest BCUT2D eigenvalue weighted by Gasteiger charge is 2.05. The maximum atomic E-state index is 12.9. The number of hydrogen-bond acceptors (Lipinski definition) is 4. The summed E-state index contributed by atoms with van der Waals surface area (Å²) in [6.07, 6.45) is 0.300. The SMILES string of the molecule is CCOC(=O)CCSc1cc(F)ccc1N. The van der Waals surface area contributed by atoms with E-state index in [0.717, 1.165) is 0 Å². The van der Waals surface area contributed by atoms with Gasteiger partial charge in [0.1, 0.15) is 5.82 Å². The standard InChI is InChI=1S/C11H14FNO2S/c1-2-15-11(14)5-6-16-10-7-8(12)3-4-9(10)13/h3-4,7H,2,5-6,13H2,1H3. The molecular weight excluding hydrogens is 229 g/mol. The molecule has 0 unspecified atom stereocenters. The van der Waals surface area contributed by atoms with E-state index >= 15 is 0 Å². The molecule has 0 fully saturated rings. The largest absolute Gasteiger partial charge is 0.466 e. The lowest BCUT2D eigenvalue weighted by Crippen LogP contribution is -2.04. The molecule has 0 aliphatic rings. The smallest absolute Gasteiger partial charge is 0.306 e. The molecule has 0 heterocycles. The van der Waals surface area contributed by atoms with Crippen molar-refractivity contribution < 1.29 is 13.9 Å². The lowest BCUT2D eigenvalue weighted by atomic mass is 10.3. The van der Waals surface area contributed by atoms with Crippen molar-refractivity contribution in [1.82, 2.24) is 0 Å². The van der Waals surface area contributed by atoms with Crippen molar-refractivity contribution in [2.75, 3.05) is 18.1 Å². The van der Waals surface area contributed by atoms with Crippen LogP contribution in [-0.4, -0.2) is 18.3 Å². The van der Waals surface area contributed by atoms with Gasteiger partial charge in [-0.2, -0.15) is 0 Å². The third-order valence-electron chi connectivity index (χ3n) is 1.84. The number of anilines is 1. The van der Waals surface area contributed by atoms with Crippen molar-refractivity contribution >= 4 is 23.4 Å². The van der Waals surface area contributed by atoms with E-state index in [-0.39, 0.29) is 11.8 Å². The first-order valence-corrected chi connectivity index (χ1v) is 5.95. The van der Waals surface area contributed by atoms with Gasteiger partial charge in [-0.3, -0.25) is 4.79 Å². The van der Waals surface area contributed by atoms with Crippen LogP contribution in [0.2, 0.25) is 0 Å². The third kappa shape index (κ3) is 4.10. The molecule has 0 saturated carbocycles. The van der Waals surface area contributed by atoms with Crippen LogP contribution >= 0.6 is 11.8 Å². The van der Waals surface area contributed by atoms with Gasteiger partial charge in [0, 0.05) is 16.3 Å².